The van der Waals surface area contributed by atoms with E-state index in [0.717, 1.165) is 42.4 Å². The quantitative estimate of drug-likeness (QED) is 0.436. The number of unbranched alkanes of at least 4 members (excludes halogenated alkanes) is 1. The van der Waals surface area contributed by atoms with Crippen molar-refractivity contribution in [1.82, 2.24) is 0 Å². The number of hydrogen-bond acceptors (Lipinski definition) is 2. The van der Waals surface area contributed by atoms with E-state index in [1.54, 1.807) is 0 Å². The van der Waals surface area contributed by atoms with Gasteiger partial charge in [-0.2, -0.15) is 0 Å². The molecule has 0 heterocycles. The van der Waals surface area contributed by atoms with E-state index in [1.165, 1.54) is 83.5 Å². The number of rotatable bonds is 7. The average Bonchev–Trinajstić information content (AvgIpc) is 2.73. The Balaban J connectivity index is 1.38. The molecule has 3 aliphatic rings. The van der Waals surface area contributed by atoms with E-state index in [4.69, 9.17) is 4.74 Å². The molecule has 27 heavy (non-hydrogen) atoms. The van der Waals surface area contributed by atoms with Gasteiger partial charge in [0.25, 0.3) is 0 Å². The summed E-state index contributed by atoms with van der Waals surface area (Å²) in [5.41, 5.74) is 0. The lowest BCUT2D eigenvalue weighted by Gasteiger charge is -2.41. The summed E-state index contributed by atoms with van der Waals surface area (Å²) in [6.45, 7) is 4.23. The van der Waals surface area contributed by atoms with Crippen LogP contribution >= 0.6 is 0 Å². The minimum absolute atomic E-state index is 0.00102. The highest BCUT2D eigenvalue weighted by Crippen LogP contribution is 2.46. The summed E-state index contributed by atoms with van der Waals surface area (Å²) >= 11 is 0. The summed E-state index contributed by atoms with van der Waals surface area (Å²) in [6, 6.07) is 0. The minimum atomic E-state index is -0.00102. The first-order valence-electron chi connectivity index (χ1n) is 12.4. The normalized spacial score (nSPS) is 37.7. The van der Waals surface area contributed by atoms with E-state index in [-0.39, 0.29) is 12.1 Å². The molecule has 2 nitrogen and oxygen atoms in total. The zero-order valence-electron chi connectivity index (χ0n) is 18.1. The lowest BCUT2D eigenvalue weighted by atomic mass is 9.65. The Kier molecular flexibility index (Phi) is 8.52. The molecular formula is C25H44O2. The highest BCUT2D eigenvalue weighted by atomic mass is 16.5. The number of ether oxygens (including phenoxy) is 1. The smallest absolute Gasteiger partial charge is 0.305 e. The number of esters is 1. The van der Waals surface area contributed by atoms with E-state index in [1.807, 2.05) is 6.92 Å². The van der Waals surface area contributed by atoms with Crippen molar-refractivity contribution in [3.63, 3.8) is 0 Å². The second kappa shape index (κ2) is 10.9. The molecule has 0 unspecified atom stereocenters. The summed E-state index contributed by atoms with van der Waals surface area (Å²) in [5.74, 6) is 4.82. The molecule has 3 aliphatic carbocycles. The van der Waals surface area contributed by atoms with Crippen LogP contribution in [0, 0.1) is 29.6 Å². The van der Waals surface area contributed by atoms with E-state index in [9.17, 15) is 4.79 Å². The monoisotopic (exact) mass is 376 g/mol. The van der Waals surface area contributed by atoms with Crippen molar-refractivity contribution >= 4 is 5.97 Å². The fourth-order valence-electron chi connectivity index (χ4n) is 6.51. The van der Waals surface area contributed by atoms with Gasteiger partial charge in [-0.1, -0.05) is 46.0 Å². The van der Waals surface area contributed by atoms with Crippen molar-refractivity contribution in [2.45, 2.75) is 123 Å². The van der Waals surface area contributed by atoms with Gasteiger partial charge >= 0.3 is 5.97 Å². The maximum absolute atomic E-state index is 11.6. The number of carbonyl (C=O) groups is 1. The average molecular weight is 377 g/mol. The third-order valence-corrected chi connectivity index (χ3v) is 8.26. The number of hydrogen-bond donors (Lipinski definition) is 0. The molecule has 3 rings (SSSR count). The Morgan fingerprint density at radius 2 is 1.37 bits per heavy atom. The summed E-state index contributed by atoms with van der Waals surface area (Å²) in [5, 5.41) is 0. The third-order valence-electron chi connectivity index (χ3n) is 8.26. The molecule has 3 saturated carbocycles. The summed E-state index contributed by atoms with van der Waals surface area (Å²) < 4.78 is 5.68. The molecule has 0 spiro atoms. The van der Waals surface area contributed by atoms with Crippen LogP contribution in [0.1, 0.15) is 117 Å². The summed E-state index contributed by atoms with van der Waals surface area (Å²) in [7, 11) is 0. The van der Waals surface area contributed by atoms with Gasteiger partial charge in [-0.15, -0.1) is 0 Å². The van der Waals surface area contributed by atoms with E-state index in [0.29, 0.717) is 6.42 Å². The topological polar surface area (TPSA) is 26.3 Å². The van der Waals surface area contributed by atoms with Crippen LogP contribution in [0.3, 0.4) is 0 Å². The standard InChI is InChI=1S/C25H44O2/c1-3-5-7-19-10-12-20(13-11-19)21-14-16-22(17-15-21)23-8-6-9-24(18-23)27-25(26)4-2/h19-24H,3-18H2,1-2H3/t19?,20?,21?,22?,23-,24+/m0/s1. The van der Waals surface area contributed by atoms with Crippen LogP contribution in [0.4, 0.5) is 0 Å². The zero-order valence-corrected chi connectivity index (χ0v) is 18.1. The molecule has 0 aliphatic heterocycles. The molecule has 0 saturated heterocycles. The largest absolute Gasteiger partial charge is 0.462 e. The van der Waals surface area contributed by atoms with E-state index < -0.39 is 0 Å². The van der Waals surface area contributed by atoms with Gasteiger partial charge in [0.2, 0.25) is 0 Å². The molecule has 0 aromatic rings. The maximum atomic E-state index is 11.6. The van der Waals surface area contributed by atoms with Crippen LogP contribution < -0.4 is 0 Å². The van der Waals surface area contributed by atoms with Crippen molar-refractivity contribution in [2.75, 3.05) is 0 Å². The van der Waals surface area contributed by atoms with Gasteiger partial charge in [-0.25, -0.2) is 0 Å². The first-order chi connectivity index (χ1) is 13.2. The Labute approximate surface area is 168 Å². The molecule has 0 radical (unpaired) electrons. The first kappa shape index (κ1) is 21.2. The van der Waals surface area contributed by atoms with Crippen LogP contribution in [-0.2, 0) is 9.53 Å². The van der Waals surface area contributed by atoms with Gasteiger partial charge in [-0.3, -0.25) is 4.79 Å². The number of carbonyl (C=O) groups excluding carboxylic acids is 1. The highest BCUT2D eigenvalue weighted by molar-refractivity contribution is 5.69. The van der Waals surface area contributed by atoms with Crippen LogP contribution in [0.25, 0.3) is 0 Å². The second-order valence-corrected chi connectivity index (χ2v) is 9.99. The maximum Gasteiger partial charge on any atom is 0.305 e. The fraction of sp³-hybridized carbons (Fsp3) is 0.960. The third kappa shape index (κ3) is 6.23. The predicted octanol–water partition coefficient (Wildman–Crippen LogP) is 7.30. The molecule has 0 aromatic carbocycles. The molecule has 0 aromatic heterocycles. The van der Waals surface area contributed by atoms with E-state index >= 15 is 0 Å². The SMILES string of the molecule is CCCCC1CCC(C2CCC([C@H]3CCC[C@@H](OC(=O)CC)C3)CC2)CC1. The van der Waals surface area contributed by atoms with Crippen molar-refractivity contribution in [3.05, 3.63) is 0 Å². The van der Waals surface area contributed by atoms with Crippen molar-refractivity contribution in [1.29, 1.82) is 0 Å². The predicted molar refractivity (Wildman–Crippen MR) is 113 cm³/mol. The molecular weight excluding hydrogens is 332 g/mol. The van der Waals surface area contributed by atoms with Crippen molar-refractivity contribution in [3.8, 4) is 0 Å². The van der Waals surface area contributed by atoms with Crippen LogP contribution in [0.15, 0.2) is 0 Å². The lowest BCUT2D eigenvalue weighted by molar-refractivity contribution is -0.151. The lowest BCUT2D eigenvalue weighted by Crippen LogP contribution is -2.32. The van der Waals surface area contributed by atoms with Gasteiger partial charge in [0.1, 0.15) is 6.10 Å². The van der Waals surface area contributed by atoms with Crippen molar-refractivity contribution in [2.24, 2.45) is 29.6 Å². The Morgan fingerprint density at radius 1 is 0.778 bits per heavy atom. The Morgan fingerprint density at radius 3 is 1.96 bits per heavy atom. The van der Waals surface area contributed by atoms with Gasteiger partial charge in [-0.05, 0) is 93.8 Å². The molecule has 0 bridgehead atoms. The Bertz CT molecular complexity index is 430. The van der Waals surface area contributed by atoms with Crippen molar-refractivity contribution < 1.29 is 9.53 Å². The van der Waals surface area contributed by atoms with E-state index in [2.05, 4.69) is 6.92 Å². The Hall–Kier alpha value is -0.530. The zero-order chi connectivity index (χ0) is 19.1. The van der Waals surface area contributed by atoms with Crippen LogP contribution in [0.2, 0.25) is 0 Å². The minimum Gasteiger partial charge on any atom is -0.462 e. The molecule has 2 heteroatoms. The molecule has 156 valence electrons. The van der Waals surface area contributed by atoms with Gasteiger partial charge in [0, 0.05) is 6.42 Å². The highest BCUT2D eigenvalue weighted by Gasteiger charge is 2.35. The summed E-state index contributed by atoms with van der Waals surface area (Å²) in [6.07, 6.45) is 21.8. The van der Waals surface area contributed by atoms with Gasteiger partial charge in [0.15, 0.2) is 0 Å². The summed E-state index contributed by atoms with van der Waals surface area (Å²) in [4.78, 5) is 11.6. The van der Waals surface area contributed by atoms with Gasteiger partial charge in [0.05, 0.1) is 0 Å². The second-order valence-electron chi connectivity index (χ2n) is 9.99. The van der Waals surface area contributed by atoms with Gasteiger partial charge < -0.3 is 4.74 Å². The molecule has 3 fully saturated rings. The molecule has 2 atom stereocenters. The molecule has 0 N–H and O–H groups in total. The fourth-order valence-corrected chi connectivity index (χ4v) is 6.51. The first-order valence-corrected chi connectivity index (χ1v) is 12.4. The van der Waals surface area contributed by atoms with Crippen LogP contribution in [0.5, 0.6) is 0 Å². The molecule has 0 amide bonds. The van der Waals surface area contributed by atoms with Crippen LogP contribution in [-0.4, -0.2) is 12.1 Å².